The molecule has 6 nitrogen and oxygen atoms in total. The highest BCUT2D eigenvalue weighted by molar-refractivity contribution is 7.91. The van der Waals surface area contributed by atoms with Crippen LogP contribution in [0.5, 0.6) is 0 Å². The third-order valence-electron chi connectivity index (χ3n) is 0.493. The smallest absolute Gasteiger partial charge is 0.228 e. The Bertz CT molecular complexity index is 201. The molecule has 0 bridgehead atoms. The normalized spacial score (nSPS) is 11.0. The van der Waals surface area contributed by atoms with E-state index >= 15 is 0 Å². The highest BCUT2D eigenvalue weighted by Gasteiger charge is 2.10. The number of rotatable bonds is 3. The van der Waals surface area contributed by atoms with Gasteiger partial charge in [0.15, 0.2) is 21.4 Å². The summed E-state index contributed by atoms with van der Waals surface area (Å²) in [6, 6.07) is 0. The van der Waals surface area contributed by atoms with Gasteiger partial charge in [-0.3, -0.25) is 0 Å². The molecule has 0 rings (SSSR count). The van der Waals surface area contributed by atoms with E-state index in [2.05, 4.69) is 5.11 Å². The molecular weight excluding hydrogens is 168 g/mol. The van der Waals surface area contributed by atoms with Crippen molar-refractivity contribution < 1.29 is 16.8 Å². The molecule has 0 fully saturated rings. The molecule has 0 radical (unpaired) electrons. The van der Waals surface area contributed by atoms with Gasteiger partial charge in [0.05, 0.1) is 0 Å². The Balaban J connectivity index is 4.55. The van der Waals surface area contributed by atoms with Crippen LogP contribution in [0.3, 0.4) is 0 Å². The zero-order valence-corrected chi connectivity index (χ0v) is 5.84. The Kier molecular flexibility index (Phi) is 3.32. The van der Waals surface area contributed by atoms with Crippen molar-refractivity contribution in [1.82, 2.24) is 0 Å². The van der Waals surface area contributed by atoms with E-state index in [1.54, 1.807) is 0 Å². The summed E-state index contributed by atoms with van der Waals surface area (Å²) in [6.45, 7) is 0. The maximum atomic E-state index is 9.81. The largest absolute Gasteiger partial charge is 0.265 e. The van der Waals surface area contributed by atoms with E-state index in [-0.39, 0.29) is 0 Å². The monoisotopic (exact) mass is 172 g/mol. The Morgan fingerprint density at radius 2 is 1.44 bits per heavy atom. The predicted octanol–water partition coefficient (Wildman–Crippen LogP) is -1.48. The number of nitrogens with zero attached hydrogens (tertiary/aromatic N) is 1. The van der Waals surface area contributed by atoms with Gasteiger partial charge < -0.3 is 0 Å². The third-order valence-corrected chi connectivity index (χ3v) is 2.61. The van der Waals surface area contributed by atoms with Crippen molar-refractivity contribution in [3.05, 3.63) is 0 Å². The van der Waals surface area contributed by atoms with Crippen LogP contribution in [0.2, 0.25) is 0 Å². The molecule has 8 heteroatoms. The molecule has 0 unspecified atom stereocenters. The van der Waals surface area contributed by atoms with Crippen LogP contribution in [0.15, 0.2) is 5.11 Å². The first-order valence-corrected chi connectivity index (χ1v) is 4.22. The van der Waals surface area contributed by atoms with Crippen LogP contribution in [-0.4, -0.2) is 21.5 Å². The highest BCUT2D eigenvalue weighted by Crippen LogP contribution is 1.89. The fraction of sp³-hybridized carbons (Fsp3) is 1.00. The van der Waals surface area contributed by atoms with E-state index in [0.29, 0.717) is 0 Å². The van der Waals surface area contributed by atoms with E-state index in [4.69, 9.17) is 5.53 Å². The van der Waals surface area contributed by atoms with Crippen LogP contribution in [0, 0.1) is 5.53 Å². The molecule has 54 valence electrons. The van der Waals surface area contributed by atoms with Crippen LogP contribution < -0.4 is 0 Å². The van der Waals surface area contributed by atoms with Gasteiger partial charge >= 0.3 is 0 Å². The summed E-state index contributed by atoms with van der Waals surface area (Å²) in [6.07, 6.45) is 0. The van der Waals surface area contributed by atoms with Crippen LogP contribution in [0.4, 0.5) is 0 Å². The molecule has 0 atom stereocenters. The molecule has 0 heterocycles. The van der Waals surface area contributed by atoms with Crippen molar-refractivity contribution in [3.63, 3.8) is 0 Å². The van der Waals surface area contributed by atoms with E-state index in [1.165, 1.54) is 0 Å². The second-order valence-corrected chi connectivity index (χ2v) is 3.57. The molecule has 0 aliphatic heterocycles. The topological polar surface area (TPSA) is 104 Å². The summed E-state index contributed by atoms with van der Waals surface area (Å²) in [5.74, 6) is 0. The highest BCUT2D eigenvalue weighted by atomic mass is 32.2. The van der Waals surface area contributed by atoms with Crippen molar-refractivity contribution in [2.45, 2.75) is 4.71 Å². The van der Waals surface area contributed by atoms with Crippen LogP contribution in [0.25, 0.3) is 0 Å². The lowest BCUT2D eigenvalue weighted by molar-refractivity contribution is 0.594. The van der Waals surface area contributed by atoms with Gasteiger partial charge in [0.1, 0.15) is 0 Å². The second kappa shape index (κ2) is 3.51. The molecule has 0 aliphatic rings. The first-order chi connectivity index (χ1) is 4.09. The molecular formula is CH4N2O4S2. The van der Waals surface area contributed by atoms with Gasteiger partial charge in [-0.25, -0.2) is 22.4 Å². The lowest BCUT2D eigenvalue weighted by Gasteiger charge is -1.86. The standard InChI is InChI=1S/CH4N2O4S2/c2-3-1(8(4)5)9(6)7/h1-2,8-9H. The Labute approximate surface area is 54.3 Å². The van der Waals surface area contributed by atoms with Crippen LogP contribution in [0.1, 0.15) is 0 Å². The van der Waals surface area contributed by atoms with E-state index in [9.17, 15) is 16.8 Å². The van der Waals surface area contributed by atoms with Gasteiger partial charge in [-0.1, -0.05) is 0 Å². The molecule has 1 N–H and O–H groups in total. The van der Waals surface area contributed by atoms with Gasteiger partial charge in [-0.2, -0.15) is 5.11 Å². The van der Waals surface area contributed by atoms with Gasteiger partial charge in [0.25, 0.3) is 4.71 Å². The lowest BCUT2D eigenvalue weighted by atomic mass is 11.5. The SMILES string of the molecule is N=NC([SH](=O)=O)[SH](=O)=O. The van der Waals surface area contributed by atoms with Crippen molar-refractivity contribution in [1.29, 1.82) is 5.53 Å². The quantitative estimate of drug-likeness (QED) is 0.357. The molecule has 0 aliphatic carbocycles. The minimum Gasteiger partial charge on any atom is -0.228 e. The minimum atomic E-state index is -3.15. The minimum absolute atomic E-state index is 1.88. The summed E-state index contributed by atoms with van der Waals surface area (Å²) in [4.78, 5) is 0. The summed E-state index contributed by atoms with van der Waals surface area (Å²) in [7, 11) is -6.31. The van der Waals surface area contributed by atoms with Crippen molar-refractivity contribution in [2.75, 3.05) is 0 Å². The van der Waals surface area contributed by atoms with Crippen molar-refractivity contribution in [2.24, 2.45) is 5.11 Å². The summed E-state index contributed by atoms with van der Waals surface area (Å²) in [5.41, 5.74) is 6.08. The Morgan fingerprint density at radius 1 is 1.11 bits per heavy atom. The summed E-state index contributed by atoms with van der Waals surface area (Å²) >= 11 is 0. The second-order valence-electron chi connectivity index (χ2n) is 1.05. The number of nitrogens with one attached hydrogen (secondary N) is 1. The average Bonchev–Trinajstić information content (AvgIpc) is 1.64. The zero-order valence-electron chi connectivity index (χ0n) is 4.05. The van der Waals surface area contributed by atoms with E-state index in [0.717, 1.165) is 0 Å². The van der Waals surface area contributed by atoms with Crippen molar-refractivity contribution >= 4 is 21.4 Å². The first-order valence-electron chi connectivity index (χ1n) is 1.73. The number of hydrogen-bond donors (Lipinski definition) is 3. The van der Waals surface area contributed by atoms with E-state index in [1.807, 2.05) is 0 Å². The molecule has 0 aromatic heterocycles. The first kappa shape index (κ1) is 8.50. The summed E-state index contributed by atoms with van der Waals surface area (Å²) in [5, 5.41) is 2.34. The molecule has 0 spiro atoms. The lowest BCUT2D eigenvalue weighted by Crippen LogP contribution is -2.06. The summed E-state index contributed by atoms with van der Waals surface area (Å²) < 4.78 is 37.4. The Morgan fingerprint density at radius 3 is 1.44 bits per heavy atom. The van der Waals surface area contributed by atoms with Crippen LogP contribution in [-0.2, 0) is 21.4 Å². The van der Waals surface area contributed by atoms with Gasteiger partial charge in [0.2, 0.25) is 0 Å². The van der Waals surface area contributed by atoms with Crippen LogP contribution >= 0.6 is 0 Å². The molecule has 0 saturated carbocycles. The molecule has 0 aromatic carbocycles. The van der Waals surface area contributed by atoms with Gasteiger partial charge in [-0.15, -0.1) is 0 Å². The predicted molar refractivity (Wildman–Crippen MR) is 29.6 cm³/mol. The third kappa shape index (κ3) is 2.51. The maximum Gasteiger partial charge on any atom is 0.265 e. The molecule has 9 heavy (non-hydrogen) atoms. The molecule has 0 saturated heterocycles. The van der Waals surface area contributed by atoms with Crippen molar-refractivity contribution in [3.8, 4) is 0 Å². The maximum absolute atomic E-state index is 9.81. The number of thiol groups is 2. The average molecular weight is 172 g/mol. The van der Waals surface area contributed by atoms with E-state index < -0.39 is 26.1 Å². The zero-order chi connectivity index (χ0) is 7.44. The fourth-order valence-electron chi connectivity index (χ4n) is 0.171. The fourth-order valence-corrected chi connectivity index (χ4v) is 0.976. The van der Waals surface area contributed by atoms with Gasteiger partial charge in [0, 0.05) is 0 Å². The van der Waals surface area contributed by atoms with Gasteiger partial charge in [-0.05, 0) is 0 Å². The Hall–Kier alpha value is -0.500. The number of hydrogen-bond acceptors (Lipinski definition) is 6. The molecule has 0 aromatic rings. The molecule has 0 amide bonds.